The number of nitrogens with one attached hydrogen (secondary N) is 2. The lowest BCUT2D eigenvalue weighted by Gasteiger charge is -2.09. The van der Waals surface area contributed by atoms with E-state index in [0.29, 0.717) is 17.1 Å². The molecule has 4 nitrogen and oxygen atoms in total. The van der Waals surface area contributed by atoms with E-state index < -0.39 is 11.6 Å². The third-order valence-electron chi connectivity index (χ3n) is 4.77. The first-order valence-corrected chi connectivity index (χ1v) is 8.84. The number of aromatic amines is 1. The molecule has 3 aromatic carbocycles. The van der Waals surface area contributed by atoms with E-state index in [1.165, 1.54) is 36.5 Å². The molecule has 142 valence electrons. The number of anilines is 1. The summed E-state index contributed by atoms with van der Waals surface area (Å²) >= 11 is 0. The highest BCUT2D eigenvalue weighted by atomic mass is 19.1. The Morgan fingerprint density at radius 1 is 0.793 bits per heavy atom. The van der Waals surface area contributed by atoms with E-state index in [-0.39, 0.29) is 17.2 Å². The Labute approximate surface area is 163 Å². The lowest BCUT2D eigenvalue weighted by Crippen LogP contribution is -2.16. The third-order valence-corrected chi connectivity index (χ3v) is 4.77. The van der Waals surface area contributed by atoms with Gasteiger partial charge >= 0.3 is 0 Å². The van der Waals surface area contributed by atoms with Gasteiger partial charge in [0.25, 0.3) is 0 Å². The zero-order valence-corrected chi connectivity index (χ0v) is 14.9. The standard InChI is InChI=1S/C22H13F3N4/c23-14-7-4-12(5-8-14)13-6-9-15-18(10-13)27-22(28-19-11-26-29-21(15)19)20-16(24)2-1-3-17(20)25/h1-11H,(H,26,29)(H,27,28). The minimum Gasteiger partial charge on any atom is -0.336 e. The molecule has 0 unspecified atom stereocenters. The van der Waals surface area contributed by atoms with Crippen molar-refractivity contribution >= 4 is 17.2 Å². The fourth-order valence-electron chi connectivity index (χ4n) is 3.36. The van der Waals surface area contributed by atoms with Crippen molar-refractivity contribution in [3.63, 3.8) is 0 Å². The van der Waals surface area contributed by atoms with Gasteiger partial charge in [-0.3, -0.25) is 5.10 Å². The number of rotatable bonds is 2. The molecular weight excluding hydrogens is 377 g/mol. The molecule has 2 heterocycles. The Hall–Kier alpha value is -3.87. The third kappa shape index (κ3) is 2.97. The Kier molecular flexibility index (Phi) is 3.94. The lowest BCUT2D eigenvalue weighted by molar-refractivity contribution is 0.579. The van der Waals surface area contributed by atoms with E-state index in [1.54, 1.807) is 18.2 Å². The van der Waals surface area contributed by atoms with Crippen LogP contribution in [-0.4, -0.2) is 16.0 Å². The highest BCUT2D eigenvalue weighted by molar-refractivity contribution is 6.13. The molecule has 0 bridgehead atoms. The van der Waals surface area contributed by atoms with Crippen LogP contribution in [0.15, 0.2) is 71.9 Å². The fraction of sp³-hybridized carbons (Fsp3) is 0. The summed E-state index contributed by atoms with van der Waals surface area (Å²) < 4.78 is 42.1. The first-order valence-electron chi connectivity index (χ1n) is 8.84. The first-order chi connectivity index (χ1) is 14.1. The normalized spacial score (nSPS) is 12.4. The van der Waals surface area contributed by atoms with Crippen LogP contribution in [0.2, 0.25) is 0 Å². The lowest BCUT2D eigenvalue weighted by atomic mass is 10.0. The maximum absolute atomic E-state index is 14.4. The number of hydrogen-bond acceptors (Lipinski definition) is 3. The van der Waals surface area contributed by atoms with Gasteiger partial charge in [-0.1, -0.05) is 24.3 Å². The van der Waals surface area contributed by atoms with Crippen LogP contribution in [0, 0.1) is 17.5 Å². The molecule has 0 saturated heterocycles. The first kappa shape index (κ1) is 17.2. The zero-order chi connectivity index (χ0) is 20.0. The quantitative estimate of drug-likeness (QED) is 0.464. The molecule has 4 aromatic rings. The monoisotopic (exact) mass is 390 g/mol. The molecule has 0 radical (unpaired) electrons. The van der Waals surface area contributed by atoms with Gasteiger partial charge in [0.15, 0.2) is 0 Å². The Bertz CT molecular complexity index is 1240. The topological polar surface area (TPSA) is 53.1 Å². The van der Waals surface area contributed by atoms with Crippen molar-refractivity contribution < 1.29 is 13.2 Å². The second-order valence-corrected chi connectivity index (χ2v) is 6.58. The molecule has 2 N–H and O–H groups in total. The SMILES string of the molecule is Fc1ccc(-c2ccc3c(c2)N=C(c2c(F)cccc2F)Nc2cn[nH]c2-3)cc1. The van der Waals surface area contributed by atoms with Gasteiger partial charge in [0.2, 0.25) is 0 Å². The van der Waals surface area contributed by atoms with Crippen LogP contribution in [-0.2, 0) is 0 Å². The van der Waals surface area contributed by atoms with Crippen LogP contribution in [0.4, 0.5) is 24.5 Å². The summed E-state index contributed by atoms with van der Waals surface area (Å²) in [4.78, 5) is 4.53. The molecule has 0 saturated carbocycles. The second-order valence-electron chi connectivity index (χ2n) is 6.58. The number of nitrogens with zero attached hydrogens (tertiary/aromatic N) is 2. The summed E-state index contributed by atoms with van der Waals surface area (Å²) in [5.41, 5.74) is 3.77. The molecule has 0 atom stereocenters. The molecule has 5 rings (SSSR count). The van der Waals surface area contributed by atoms with Crippen LogP contribution in [0.5, 0.6) is 0 Å². The summed E-state index contributed by atoms with van der Waals surface area (Å²) in [6.07, 6.45) is 1.53. The summed E-state index contributed by atoms with van der Waals surface area (Å²) in [6, 6.07) is 15.2. The van der Waals surface area contributed by atoms with Crippen LogP contribution in [0.3, 0.4) is 0 Å². The summed E-state index contributed by atoms with van der Waals surface area (Å²) in [5, 5.41) is 9.91. The largest absolute Gasteiger partial charge is 0.336 e. The van der Waals surface area contributed by atoms with Gasteiger partial charge in [0.05, 0.1) is 28.8 Å². The minimum absolute atomic E-state index is 0.0401. The minimum atomic E-state index is -0.723. The molecule has 0 spiro atoms. The van der Waals surface area contributed by atoms with Gasteiger partial charge in [-0.15, -0.1) is 0 Å². The average Bonchev–Trinajstić information content (AvgIpc) is 3.10. The van der Waals surface area contributed by atoms with Crippen LogP contribution < -0.4 is 5.32 Å². The Morgan fingerprint density at radius 3 is 2.28 bits per heavy atom. The maximum Gasteiger partial charge on any atom is 0.144 e. The van der Waals surface area contributed by atoms with E-state index >= 15 is 0 Å². The predicted octanol–water partition coefficient (Wildman–Crippen LogP) is 5.66. The number of benzene rings is 3. The molecule has 0 amide bonds. The van der Waals surface area contributed by atoms with Crippen molar-refractivity contribution in [2.45, 2.75) is 0 Å². The maximum atomic E-state index is 14.4. The van der Waals surface area contributed by atoms with E-state index in [1.807, 2.05) is 12.1 Å². The Morgan fingerprint density at radius 2 is 1.52 bits per heavy atom. The number of aliphatic imine (C=N–C) groups is 1. The van der Waals surface area contributed by atoms with Gasteiger partial charge < -0.3 is 5.32 Å². The molecule has 1 aromatic heterocycles. The van der Waals surface area contributed by atoms with Gasteiger partial charge in [-0.2, -0.15) is 5.10 Å². The van der Waals surface area contributed by atoms with Crippen molar-refractivity contribution in [2.75, 3.05) is 5.32 Å². The van der Waals surface area contributed by atoms with Crippen LogP contribution >= 0.6 is 0 Å². The number of H-pyrrole nitrogens is 1. The van der Waals surface area contributed by atoms with Gasteiger partial charge in [-0.05, 0) is 47.5 Å². The predicted molar refractivity (Wildman–Crippen MR) is 106 cm³/mol. The fourth-order valence-corrected chi connectivity index (χ4v) is 3.36. The van der Waals surface area contributed by atoms with Gasteiger partial charge in [0.1, 0.15) is 23.3 Å². The Balaban J connectivity index is 1.72. The van der Waals surface area contributed by atoms with Crippen molar-refractivity contribution in [2.24, 2.45) is 4.99 Å². The van der Waals surface area contributed by atoms with E-state index in [0.717, 1.165) is 16.7 Å². The highest BCUT2D eigenvalue weighted by Crippen LogP contribution is 2.39. The van der Waals surface area contributed by atoms with E-state index in [2.05, 4.69) is 20.5 Å². The van der Waals surface area contributed by atoms with Gasteiger partial charge in [0, 0.05) is 5.56 Å². The number of amidine groups is 1. The number of halogens is 3. The molecule has 0 fully saturated rings. The molecule has 0 aliphatic carbocycles. The number of hydrogen-bond donors (Lipinski definition) is 2. The highest BCUT2D eigenvalue weighted by Gasteiger charge is 2.23. The van der Waals surface area contributed by atoms with E-state index in [4.69, 9.17) is 0 Å². The van der Waals surface area contributed by atoms with Crippen LogP contribution in [0.25, 0.3) is 22.4 Å². The molecule has 7 heteroatoms. The summed E-state index contributed by atoms with van der Waals surface area (Å²) in [6.45, 7) is 0. The average molecular weight is 390 g/mol. The molecular formula is C22H13F3N4. The zero-order valence-electron chi connectivity index (χ0n) is 14.9. The van der Waals surface area contributed by atoms with Crippen molar-refractivity contribution in [3.8, 4) is 22.4 Å². The smallest absolute Gasteiger partial charge is 0.144 e. The van der Waals surface area contributed by atoms with Crippen molar-refractivity contribution in [1.82, 2.24) is 10.2 Å². The van der Waals surface area contributed by atoms with Crippen LogP contribution in [0.1, 0.15) is 5.56 Å². The number of aromatic nitrogens is 2. The van der Waals surface area contributed by atoms with Crippen molar-refractivity contribution in [3.05, 3.63) is 89.9 Å². The molecule has 1 aliphatic rings. The molecule has 1 aliphatic heterocycles. The molecule has 29 heavy (non-hydrogen) atoms. The van der Waals surface area contributed by atoms with Gasteiger partial charge in [-0.25, -0.2) is 18.2 Å². The number of fused-ring (bicyclic) bond motifs is 3. The summed E-state index contributed by atoms with van der Waals surface area (Å²) in [5.74, 6) is -1.73. The van der Waals surface area contributed by atoms with E-state index in [9.17, 15) is 13.2 Å². The second kappa shape index (κ2) is 6.63. The summed E-state index contributed by atoms with van der Waals surface area (Å²) in [7, 11) is 0. The van der Waals surface area contributed by atoms with Crippen molar-refractivity contribution in [1.29, 1.82) is 0 Å².